The van der Waals surface area contributed by atoms with E-state index in [0.717, 1.165) is 12.1 Å². The molecule has 2 aromatic carbocycles. The summed E-state index contributed by atoms with van der Waals surface area (Å²) in [6, 6.07) is 3.91. The van der Waals surface area contributed by atoms with Crippen molar-refractivity contribution >= 4 is 17.3 Å². The lowest BCUT2D eigenvalue weighted by atomic mass is 10.1. The molecular weight excluding hydrogens is 360 g/mol. The lowest BCUT2D eigenvalue weighted by Crippen LogP contribution is -2.08. The highest BCUT2D eigenvalue weighted by atomic mass is 35.5. The van der Waals surface area contributed by atoms with E-state index in [9.17, 15) is 18.9 Å². The molecule has 134 valence electrons. The van der Waals surface area contributed by atoms with Gasteiger partial charge in [-0.3, -0.25) is 10.1 Å². The van der Waals surface area contributed by atoms with Gasteiger partial charge < -0.3 is 14.2 Å². The van der Waals surface area contributed by atoms with Crippen LogP contribution in [-0.4, -0.2) is 19.1 Å². The summed E-state index contributed by atoms with van der Waals surface area (Å²) >= 11 is 6.20. The molecule has 0 saturated heterocycles. The van der Waals surface area contributed by atoms with Crippen LogP contribution in [0, 0.1) is 28.7 Å². The molecule has 2 rings (SSSR count). The number of halogens is 3. The first-order chi connectivity index (χ1) is 11.8. The number of nitro benzene ring substituents is 1. The van der Waals surface area contributed by atoms with E-state index in [-0.39, 0.29) is 33.3 Å². The monoisotopic (exact) mass is 373 g/mol. The van der Waals surface area contributed by atoms with Gasteiger partial charge in [0.1, 0.15) is 5.82 Å². The molecule has 2 aromatic rings. The van der Waals surface area contributed by atoms with Crippen molar-refractivity contribution in [1.82, 2.24) is 0 Å². The largest absolute Gasteiger partial charge is 0.452 e. The minimum absolute atomic E-state index is 0.0797. The van der Waals surface area contributed by atoms with Gasteiger partial charge in [0.25, 0.3) is 5.69 Å². The maximum atomic E-state index is 13.9. The van der Waals surface area contributed by atoms with Gasteiger partial charge in [-0.1, -0.05) is 11.6 Å². The highest BCUT2D eigenvalue weighted by Gasteiger charge is 2.27. The van der Waals surface area contributed by atoms with E-state index in [1.165, 1.54) is 27.2 Å². The molecule has 0 bridgehead atoms. The van der Waals surface area contributed by atoms with Crippen LogP contribution in [0.25, 0.3) is 0 Å². The van der Waals surface area contributed by atoms with Crippen LogP contribution < -0.4 is 4.74 Å². The molecule has 0 aliphatic heterocycles. The van der Waals surface area contributed by atoms with Gasteiger partial charge in [0.2, 0.25) is 0 Å². The Morgan fingerprint density at radius 1 is 1.20 bits per heavy atom. The second-order valence-corrected chi connectivity index (χ2v) is 5.37. The summed E-state index contributed by atoms with van der Waals surface area (Å²) in [7, 11) is 2.63. The van der Waals surface area contributed by atoms with Crippen LogP contribution >= 0.6 is 11.6 Å². The lowest BCUT2D eigenvalue weighted by molar-refractivity contribution is -0.385. The van der Waals surface area contributed by atoms with E-state index >= 15 is 0 Å². The molecule has 0 aliphatic carbocycles. The van der Waals surface area contributed by atoms with E-state index in [1.54, 1.807) is 0 Å². The molecule has 0 heterocycles. The number of hydrogen-bond donors (Lipinski definition) is 0. The Morgan fingerprint density at radius 2 is 1.84 bits per heavy atom. The molecule has 0 aromatic heterocycles. The summed E-state index contributed by atoms with van der Waals surface area (Å²) in [6.07, 6.45) is -1.05. The molecule has 0 N–H and O–H groups in total. The summed E-state index contributed by atoms with van der Waals surface area (Å²) in [4.78, 5) is 10.6. The SMILES string of the molecule is COC(OC)c1cc([N+](=O)[O-])c(C)c(Cl)c1Oc1ccc(F)cc1F. The molecule has 0 spiro atoms. The first-order valence-electron chi connectivity index (χ1n) is 6.96. The van der Waals surface area contributed by atoms with Crippen LogP contribution in [0.2, 0.25) is 5.02 Å². The van der Waals surface area contributed by atoms with Crippen molar-refractivity contribution in [3.05, 3.63) is 62.2 Å². The van der Waals surface area contributed by atoms with Gasteiger partial charge in [0, 0.05) is 31.9 Å². The summed E-state index contributed by atoms with van der Waals surface area (Å²) in [5, 5.41) is 11.1. The molecule has 9 heteroatoms. The fraction of sp³-hybridized carbons (Fsp3) is 0.250. The molecule has 0 radical (unpaired) electrons. The Morgan fingerprint density at radius 3 is 2.36 bits per heavy atom. The van der Waals surface area contributed by atoms with E-state index in [1.807, 2.05) is 0 Å². The minimum Gasteiger partial charge on any atom is -0.452 e. The number of nitrogens with zero attached hydrogens (tertiary/aromatic N) is 1. The molecule has 0 fully saturated rings. The number of benzene rings is 2. The van der Waals surface area contributed by atoms with Gasteiger partial charge in [-0.25, -0.2) is 8.78 Å². The molecule has 0 aliphatic rings. The van der Waals surface area contributed by atoms with Gasteiger partial charge in [-0.2, -0.15) is 0 Å². The maximum Gasteiger partial charge on any atom is 0.274 e. The first-order valence-corrected chi connectivity index (χ1v) is 7.33. The number of rotatable bonds is 6. The van der Waals surface area contributed by atoms with Crippen molar-refractivity contribution in [2.24, 2.45) is 0 Å². The van der Waals surface area contributed by atoms with Crippen molar-refractivity contribution in [3.8, 4) is 11.5 Å². The minimum atomic E-state index is -1.05. The standard InChI is InChI=1S/C16H14ClF2NO5/c1-8-12(20(21)22)7-10(16(23-2)24-3)15(14(8)17)25-13-5-4-9(18)6-11(13)19/h4-7,16H,1-3H3. The summed E-state index contributed by atoms with van der Waals surface area (Å²) in [5.41, 5.74) is -0.0547. The fourth-order valence-electron chi connectivity index (χ4n) is 2.22. The van der Waals surface area contributed by atoms with Crippen LogP contribution in [0.5, 0.6) is 11.5 Å². The van der Waals surface area contributed by atoms with Crippen molar-refractivity contribution < 1.29 is 27.9 Å². The van der Waals surface area contributed by atoms with E-state index in [4.69, 9.17) is 25.8 Å². The number of ether oxygens (including phenoxy) is 3. The topological polar surface area (TPSA) is 70.8 Å². The zero-order valence-corrected chi connectivity index (χ0v) is 14.3. The Balaban J connectivity index is 2.65. The first kappa shape index (κ1) is 19.0. The Kier molecular flexibility index (Phi) is 5.89. The summed E-state index contributed by atoms with van der Waals surface area (Å²) < 4.78 is 42.6. The van der Waals surface area contributed by atoms with Crippen LogP contribution in [0.4, 0.5) is 14.5 Å². The number of hydrogen-bond acceptors (Lipinski definition) is 5. The quantitative estimate of drug-likeness (QED) is 0.408. The van der Waals surface area contributed by atoms with Crippen molar-refractivity contribution in [2.75, 3.05) is 14.2 Å². The predicted octanol–water partition coefficient (Wildman–Crippen LogP) is 4.92. The van der Waals surface area contributed by atoms with Crippen LogP contribution in [-0.2, 0) is 9.47 Å². The molecule has 0 amide bonds. The maximum absolute atomic E-state index is 13.9. The zero-order chi connectivity index (χ0) is 18.7. The number of methoxy groups -OCH3 is 2. The van der Waals surface area contributed by atoms with E-state index in [0.29, 0.717) is 6.07 Å². The molecule has 0 saturated carbocycles. The van der Waals surface area contributed by atoms with Gasteiger partial charge in [-0.15, -0.1) is 0 Å². The molecule has 6 nitrogen and oxygen atoms in total. The van der Waals surface area contributed by atoms with Crippen LogP contribution in [0.15, 0.2) is 24.3 Å². The third-order valence-corrected chi connectivity index (χ3v) is 3.91. The molecule has 25 heavy (non-hydrogen) atoms. The average molecular weight is 374 g/mol. The van der Waals surface area contributed by atoms with Gasteiger partial charge in [0.05, 0.1) is 15.5 Å². The van der Waals surface area contributed by atoms with Crippen molar-refractivity contribution in [1.29, 1.82) is 0 Å². The zero-order valence-electron chi connectivity index (χ0n) is 13.5. The summed E-state index contributed by atoms with van der Waals surface area (Å²) in [6.45, 7) is 1.42. The van der Waals surface area contributed by atoms with Gasteiger partial charge in [-0.05, 0) is 19.1 Å². The molecular formula is C16H14ClF2NO5. The molecule has 0 atom stereocenters. The second kappa shape index (κ2) is 7.73. The third kappa shape index (κ3) is 3.87. The van der Waals surface area contributed by atoms with Crippen molar-refractivity contribution in [3.63, 3.8) is 0 Å². The van der Waals surface area contributed by atoms with E-state index in [2.05, 4.69) is 0 Å². The highest BCUT2D eigenvalue weighted by Crippen LogP contribution is 2.43. The van der Waals surface area contributed by atoms with Crippen LogP contribution in [0.3, 0.4) is 0 Å². The van der Waals surface area contributed by atoms with Gasteiger partial charge in [0.15, 0.2) is 23.6 Å². The smallest absolute Gasteiger partial charge is 0.274 e. The molecule has 0 unspecified atom stereocenters. The predicted molar refractivity (Wildman–Crippen MR) is 86.0 cm³/mol. The Hall–Kier alpha value is -2.29. The lowest BCUT2D eigenvalue weighted by Gasteiger charge is -2.20. The second-order valence-electron chi connectivity index (χ2n) is 4.99. The van der Waals surface area contributed by atoms with E-state index < -0.39 is 22.8 Å². The Bertz CT molecular complexity index is 812. The summed E-state index contributed by atoms with van der Waals surface area (Å²) in [5.74, 6) is -2.11. The van der Waals surface area contributed by atoms with Crippen molar-refractivity contribution in [2.45, 2.75) is 13.2 Å². The third-order valence-electron chi connectivity index (χ3n) is 3.45. The van der Waals surface area contributed by atoms with Gasteiger partial charge >= 0.3 is 0 Å². The highest BCUT2D eigenvalue weighted by molar-refractivity contribution is 6.33. The average Bonchev–Trinajstić information content (AvgIpc) is 2.56. The number of nitro groups is 1. The fourth-order valence-corrected chi connectivity index (χ4v) is 2.46. The Labute approximate surface area is 147 Å². The normalized spacial score (nSPS) is 11.0. The van der Waals surface area contributed by atoms with Crippen LogP contribution in [0.1, 0.15) is 17.4 Å².